The Balaban J connectivity index is 2.60. The van der Waals surface area contributed by atoms with E-state index in [9.17, 15) is 9.18 Å². The van der Waals surface area contributed by atoms with Crippen molar-refractivity contribution < 1.29 is 19.0 Å². The maximum absolute atomic E-state index is 13.5. The predicted octanol–water partition coefficient (Wildman–Crippen LogP) is 1.82. The normalized spacial score (nSPS) is 18.5. The van der Waals surface area contributed by atoms with Crippen LogP contribution in [0.4, 0.5) is 10.1 Å². The van der Waals surface area contributed by atoms with Crippen LogP contribution < -0.4 is 10.1 Å². The second-order valence-corrected chi connectivity index (χ2v) is 3.64. The topological polar surface area (TPSA) is 58.6 Å². The number of hydrogen-bond acceptors (Lipinski definition) is 3. The van der Waals surface area contributed by atoms with E-state index in [1.54, 1.807) is 0 Å². The van der Waals surface area contributed by atoms with Crippen molar-refractivity contribution >= 4 is 11.7 Å². The van der Waals surface area contributed by atoms with Crippen LogP contribution >= 0.6 is 0 Å². The van der Waals surface area contributed by atoms with Gasteiger partial charge >= 0.3 is 5.97 Å². The first-order valence-electron chi connectivity index (χ1n) is 4.98. The molecule has 0 aliphatic carbocycles. The highest BCUT2D eigenvalue weighted by atomic mass is 19.1. The molecule has 0 fully saturated rings. The number of nitrogens with one attached hydrogen (secondary N) is 1. The van der Waals surface area contributed by atoms with Crippen molar-refractivity contribution in [1.29, 1.82) is 0 Å². The Bertz CT molecular complexity index is 433. The molecular weight excluding hydrogens is 213 g/mol. The van der Waals surface area contributed by atoms with Gasteiger partial charge in [-0.05, 0) is 18.6 Å². The summed E-state index contributed by atoms with van der Waals surface area (Å²) in [4.78, 5) is 11.1. The monoisotopic (exact) mass is 225 g/mol. The quantitative estimate of drug-likeness (QED) is 0.806. The Morgan fingerprint density at radius 1 is 1.62 bits per heavy atom. The molecule has 2 rings (SSSR count). The first-order valence-corrected chi connectivity index (χ1v) is 4.98. The van der Waals surface area contributed by atoms with E-state index in [1.165, 1.54) is 19.2 Å². The summed E-state index contributed by atoms with van der Waals surface area (Å²) in [5.41, 5.74) is 0.652. The molecule has 1 aliphatic rings. The third kappa shape index (κ3) is 1.58. The van der Waals surface area contributed by atoms with E-state index in [-0.39, 0.29) is 5.69 Å². The van der Waals surface area contributed by atoms with Gasteiger partial charge < -0.3 is 15.2 Å². The zero-order valence-electron chi connectivity index (χ0n) is 8.79. The van der Waals surface area contributed by atoms with Gasteiger partial charge in [0.2, 0.25) is 0 Å². The van der Waals surface area contributed by atoms with Gasteiger partial charge in [-0.15, -0.1) is 0 Å². The highest BCUT2D eigenvalue weighted by Gasteiger charge is 2.31. The molecule has 1 aromatic rings. The second-order valence-electron chi connectivity index (χ2n) is 3.64. The van der Waals surface area contributed by atoms with Gasteiger partial charge in [-0.25, -0.2) is 4.39 Å². The molecule has 0 spiro atoms. The van der Waals surface area contributed by atoms with Crippen LogP contribution in [0.3, 0.4) is 0 Å². The molecule has 1 atom stereocenters. The number of ether oxygens (including phenoxy) is 1. The van der Waals surface area contributed by atoms with Crippen molar-refractivity contribution in [2.24, 2.45) is 0 Å². The number of benzene rings is 1. The zero-order valence-corrected chi connectivity index (χ0v) is 8.79. The second kappa shape index (κ2) is 4.00. The van der Waals surface area contributed by atoms with Crippen LogP contribution in [0.2, 0.25) is 0 Å². The number of rotatable bonds is 2. The Labute approximate surface area is 92.0 Å². The Kier molecular flexibility index (Phi) is 2.68. The average molecular weight is 225 g/mol. The van der Waals surface area contributed by atoms with Crippen molar-refractivity contribution in [1.82, 2.24) is 0 Å². The molecule has 0 aromatic heterocycles. The Hall–Kier alpha value is -1.78. The smallest absolute Gasteiger partial charge is 0.311 e. The standard InChI is InChI=1S/C11H12FNO3/c1-16-8-3-2-7(12)10-9(8)6(11(14)15)4-5-13-10/h2-3,6,13H,4-5H2,1H3,(H,14,15). The average Bonchev–Trinajstić information content (AvgIpc) is 2.29. The number of carbonyl (C=O) groups is 1. The van der Waals surface area contributed by atoms with Gasteiger partial charge in [0, 0.05) is 12.1 Å². The van der Waals surface area contributed by atoms with E-state index in [0.717, 1.165) is 0 Å². The fourth-order valence-electron chi connectivity index (χ4n) is 2.01. The number of methoxy groups -OCH3 is 1. The number of carboxylic acid groups (broad SMARTS) is 1. The number of aliphatic carboxylic acids is 1. The molecule has 4 nitrogen and oxygen atoms in total. The lowest BCUT2D eigenvalue weighted by atomic mass is 9.90. The molecule has 1 aliphatic heterocycles. The maximum atomic E-state index is 13.5. The molecule has 0 radical (unpaired) electrons. The third-order valence-corrected chi connectivity index (χ3v) is 2.76. The van der Waals surface area contributed by atoms with Gasteiger partial charge in [0.15, 0.2) is 0 Å². The summed E-state index contributed by atoms with van der Waals surface area (Å²) in [7, 11) is 1.45. The summed E-state index contributed by atoms with van der Waals surface area (Å²) in [6.07, 6.45) is 0.433. The predicted molar refractivity (Wildman–Crippen MR) is 56.4 cm³/mol. The lowest BCUT2D eigenvalue weighted by Gasteiger charge is -2.25. The summed E-state index contributed by atoms with van der Waals surface area (Å²) < 4.78 is 18.6. The van der Waals surface area contributed by atoms with Gasteiger partial charge in [-0.3, -0.25) is 4.79 Å². The summed E-state index contributed by atoms with van der Waals surface area (Å²) in [6.45, 7) is 0.452. The lowest BCUT2D eigenvalue weighted by Crippen LogP contribution is -2.24. The van der Waals surface area contributed by atoms with Crippen LogP contribution in [0.5, 0.6) is 5.75 Å². The van der Waals surface area contributed by atoms with Gasteiger partial charge in [-0.1, -0.05) is 0 Å². The molecule has 86 valence electrons. The SMILES string of the molecule is COc1ccc(F)c2c1C(C(=O)O)CCN2. The minimum absolute atomic E-state index is 0.248. The van der Waals surface area contributed by atoms with Crippen LogP contribution in [0.1, 0.15) is 17.9 Å². The summed E-state index contributed by atoms with van der Waals surface area (Å²) in [5, 5.41) is 12.0. The summed E-state index contributed by atoms with van der Waals surface area (Å²) in [5.74, 6) is -1.69. The molecular formula is C11H12FNO3. The third-order valence-electron chi connectivity index (χ3n) is 2.76. The van der Waals surface area contributed by atoms with E-state index >= 15 is 0 Å². The molecule has 0 amide bonds. The summed E-state index contributed by atoms with van der Waals surface area (Å²) in [6, 6.07) is 2.73. The van der Waals surface area contributed by atoms with E-state index in [1.807, 2.05) is 0 Å². The van der Waals surface area contributed by atoms with Crippen molar-refractivity contribution in [3.05, 3.63) is 23.5 Å². The van der Waals surface area contributed by atoms with Crippen molar-refractivity contribution in [2.45, 2.75) is 12.3 Å². The van der Waals surface area contributed by atoms with Crippen LogP contribution in [0.15, 0.2) is 12.1 Å². The molecule has 0 bridgehead atoms. The van der Waals surface area contributed by atoms with Gasteiger partial charge in [0.25, 0.3) is 0 Å². The van der Waals surface area contributed by atoms with Crippen molar-refractivity contribution in [3.63, 3.8) is 0 Å². The highest BCUT2D eigenvalue weighted by Crippen LogP contribution is 2.40. The highest BCUT2D eigenvalue weighted by molar-refractivity contribution is 5.82. The van der Waals surface area contributed by atoms with E-state index < -0.39 is 17.7 Å². The van der Waals surface area contributed by atoms with Gasteiger partial charge in [0.1, 0.15) is 11.6 Å². The fraction of sp³-hybridized carbons (Fsp3) is 0.364. The lowest BCUT2D eigenvalue weighted by molar-refractivity contribution is -0.139. The van der Waals surface area contributed by atoms with E-state index in [4.69, 9.17) is 9.84 Å². The minimum Gasteiger partial charge on any atom is -0.496 e. The minimum atomic E-state index is -0.952. The van der Waals surface area contributed by atoms with Crippen LogP contribution in [-0.4, -0.2) is 24.7 Å². The molecule has 16 heavy (non-hydrogen) atoms. The van der Waals surface area contributed by atoms with Crippen molar-refractivity contribution in [2.75, 3.05) is 19.0 Å². The number of fused-ring (bicyclic) bond motifs is 1. The summed E-state index contributed by atoms with van der Waals surface area (Å²) >= 11 is 0. The Morgan fingerprint density at radius 2 is 2.38 bits per heavy atom. The maximum Gasteiger partial charge on any atom is 0.311 e. The molecule has 5 heteroatoms. The first-order chi connectivity index (χ1) is 7.65. The van der Waals surface area contributed by atoms with Crippen molar-refractivity contribution in [3.8, 4) is 5.75 Å². The van der Waals surface area contributed by atoms with Gasteiger partial charge in [-0.2, -0.15) is 0 Å². The molecule has 1 heterocycles. The van der Waals surface area contributed by atoms with Crippen LogP contribution in [0.25, 0.3) is 0 Å². The van der Waals surface area contributed by atoms with Crippen LogP contribution in [-0.2, 0) is 4.79 Å². The molecule has 0 saturated carbocycles. The number of carboxylic acids is 1. The van der Waals surface area contributed by atoms with Crippen LogP contribution in [0, 0.1) is 5.82 Å². The largest absolute Gasteiger partial charge is 0.496 e. The van der Waals surface area contributed by atoms with E-state index in [2.05, 4.69) is 5.32 Å². The number of anilines is 1. The van der Waals surface area contributed by atoms with E-state index in [0.29, 0.717) is 24.3 Å². The Morgan fingerprint density at radius 3 is 3.00 bits per heavy atom. The number of halogens is 1. The molecule has 2 N–H and O–H groups in total. The fourth-order valence-corrected chi connectivity index (χ4v) is 2.01. The zero-order chi connectivity index (χ0) is 11.7. The molecule has 1 aromatic carbocycles. The number of hydrogen-bond donors (Lipinski definition) is 2. The molecule has 0 saturated heterocycles. The first kappa shape index (κ1) is 10.7. The van der Waals surface area contributed by atoms with Gasteiger partial charge in [0.05, 0.1) is 18.7 Å². The molecule has 1 unspecified atom stereocenters.